The van der Waals surface area contributed by atoms with Gasteiger partial charge in [0.1, 0.15) is 12.4 Å². The minimum Gasteiger partial charge on any atom is -0.489 e. The highest BCUT2D eigenvalue weighted by atomic mass is 16.7. The fourth-order valence-corrected chi connectivity index (χ4v) is 3.08. The van der Waals surface area contributed by atoms with Crippen molar-refractivity contribution in [3.05, 3.63) is 78.4 Å². The van der Waals surface area contributed by atoms with Crippen LogP contribution >= 0.6 is 0 Å². The molecule has 3 amide bonds. The molecule has 3 N–H and O–H groups in total. The topological polar surface area (TPSA) is 97.9 Å². The van der Waals surface area contributed by atoms with E-state index < -0.39 is 0 Å². The molecular formula is C24H23N3O5. The fraction of sp³-hybridized carbons (Fsp3) is 0.167. The van der Waals surface area contributed by atoms with Gasteiger partial charge in [-0.15, -0.1) is 0 Å². The van der Waals surface area contributed by atoms with Crippen LogP contribution in [0.2, 0.25) is 0 Å². The summed E-state index contributed by atoms with van der Waals surface area (Å²) < 4.78 is 16.5. The Kier molecular flexibility index (Phi) is 6.72. The number of rotatable bonds is 8. The summed E-state index contributed by atoms with van der Waals surface area (Å²) in [6.07, 6.45) is 0.153. The summed E-state index contributed by atoms with van der Waals surface area (Å²) >= 11 is 0. The van der Waals surface area contributed by atoms with E-state index in [1.165, 1.54) is 0 Å². The molecule has 0 aliphatic carbocycles. The lowest BCUT2D eigenvalue weighted by Crippen LogP contribution is -2.31. The van der Waals surface area contributed by atoms with Crippen LogP contribution in [0.25, 0.3) is 0 Å². The first-order valence-corrected chi connectivity index (χ1v) is 10.2. The van der Waals surface area contributed by atoms with Crippen LogP contribution in [0.1, 0.15) is 12.0 Å². The molecule has 0 saturated carbocycles. The number of anilines is 2. The number of urea groups is 1. The monoisotopic (exact) mass is 433 g/mol. The normalized spacial score (nSPS) is 11.5. The van der Waals surface area contributed by atoms with Gasteiger partial charge in [0.2, 0.25) is 12.7 Å². The van der Waals surface area contributed by atoms with Crippen LogP contribution in [-0.2, 0) is 11.4 Å². The summed E-state index contributed by atoms with van der Waals surface area (Å²) in [5.74, 6) is 1.84. The summed E-state index contributed by atoms with van der Waals surface area (Å²) in [6, 6.07) is 21.6. The number of hydrogen-bond acceptors (Lipinski definition) is 5. The zero-order valence-electron chi connectivity index (χ0n) is 17.3. The van der Waals surface area contributed by atoms with E-state index >= 15 is 0 Å². The van der Waals surface area contributed by atoms with Crippen molar-refractivity contribution < 1.29 is 23.8 Å². The van der Waals surface area contributed by atoms with Crippen molar-refractivity contribution in [1.82, 2.24) is 5.32 Å². The number of nitrogens with one attached hydrogen (secondary N) is 3. The second kappa shape index (κ2) is 10.2. The van der Waals surface area contributed by atoms with Gasteiger partial charge in [0.15, 0.2) is 11.5 Å². The third kappa shape index (κ3) is 5.91. The molecule has 0 spiro atoms. The van der Waals surface area contributed by atoms with Crippen molar-refractivity contribution in [3.8, 4) is 17.2 Å². The van der Waals surface area contributed by atoms with Gasteiger partial charge in [0.25, 0.3) is 0 Å². The van der Waals surface area contributed by atoms with E-state index in [1.807, 2.05) is 48.5 Å². The third-order valence-corrected chi connectivity index (χ3v) is 4.63. The van der Waals surface area contributed by atoms with E-state index in [0.29, 0.717) is 35.2 Å². The molecule has 0 atom stereocenters. The van der Waals surface area contributed by atoms with E-state index in [1.54, 1.807) is 24.3 Å². The lowest BCUT2D eigenvalue weighted by molar-refractivity contribution is -0.116. The Hall–Kier alpha value is -4.20. The number of amides is 3. The molecule has 1 heterocycles. The van der Waals surface area contributed by atoms with Crippen LogP contribution in [0, 0.1) is 0 Å². The lowest BCUT2D eigenvalue weighted by Gasteiger charge is -2.10. The highest BCUT2D eigenvalue weighted by Gasteiger charge is 2.13. The number of fused-ring (bicyclic) bond motifs is 1. The standard InChI is InChI=1S/C24H23N3O5/c28-23(11-12-25-24(29)27-18-6-2-1-3-7-18)26-19-8-4-5-17(13-19)15-30-20-9-10-21-22(14-20)32-16-31-21/h1-10,13-14H,11-12,15-16H2,(H,26,28)(H2,25,27,29). The van der Waals surface area contributed by atoms with E-state index in [2.05, 4.69) is 16.0 Å². The zero-order chi connectivity index (χ0) is 22.2. The fourth-order valence-electron chi connectivity index (χ4n) is 3.08. The molecule has 0 saturated heterocycles. The van der Waals surface area contributed by atoms with Gasteiger partial charge < -0.3 is 30.2 Å². The van der Waals surface area contributed by atoms with Crippen LogP contribution in [0.5, 0.6) is 17.2 Å². The maximum absolute atomic E-state index is 12.2. The van der Waals surface area contributed by atoms with Crippen LogP contribution in [0.4, 0.5) is 16.2 Å². The molecule has 3 aromatic carbocycles. The SMILES string of the molecule is O=C(CCNC(=O)Nc1ccccc1)Nc1cccc(COc2ccc3c(c2)OCO3)c1. The second-order valence-corrected chi connectivity index (χ2v) is 7.05. The molecule has 0 unspecified atom stereocenters. The average molecular weight is 433 g/mol. The van der Waals surface area contributed by atoms with Crippen molar-refractivity contribution >= 4 is 23.3 Å². The predicted molar refractivity (Wildman–Crippen MR) is 120 cm³/mol. The molecule has 0 radical (unpaired) electrons. The van der Waals surface area contributed by atoms with Crippen LogP contribution in [-0.4, -0.2) is 25.3 Å². The zero-order valence-corrected chi connectivity index (χ0v) is 17.3. The summed E-state index contributed by atoms with van der Waals surface area (Å²) in [5, 5.41) is 8.20. The summed E-state index contributed by atoms with van der Waals surface area (Å²) in [4.78, 5) is 24.1. The largest absolute Gasteiger partial charge is 0.489 e. The van der Waals surface area contributed by atoms with Gasteiger partial charge in [0.05, 0.1) is 0 Å². The molecule has 3 aromatic rings. The first-order chi connectivity index (χ1) is 15.7. The minimum absolute atomic E-state index is 0.153. The number of hydrogen-bond donors (Lipinski definition) is 3. The molecular weight excluding hydrogens is 410 g/mol. The highest BCUT2D eigenvalue weighted by Crippen LogP contribution is 2.35. The van der Waals surface area contributed by atoms with Crippen molar-refractivity contribution in [3.63, 3.8) is 0 Å². The molecule has 4 rings (SSSR count). The Balaban J connectivity index is 1.21. The smallest absolute Gasteiger partial charge is 0.319 e. The summed E-state index contributed by atoms with van der Waals surface area (Å²) in [5.41, 5.74) is 2.26. The molecule has 0 fully saturated rings. The van der Waals surface area contributed by atoms with E-state index in [4.69, 9.17) is 14.2 Å². The maximum Gasteiger partial charge on any atom is 0.319 e. The first-order valence-electron chi connectivity index (χ1n) is 10.2. The Bertz CT molecular complexity index is 1090. The van der Waals surface area contributed by atoms with Gasteiger partial charge in [-0.2, -0.15) is 0 Å². The Labute approximate surface area is 185 Å². The molecule has 32 heavy (non-hydrogen) atoms. The minimum atomic E-state index is -0.355. The molecule has 0 aromatic heterocycles. The molecule has 8 nitrogen and oxygen atoms in total. The molecule has 1 aliphatic heterocycles. The predicted octanol–water partition coefficient (Wildman–Crippen LogP) is 4.14. The molecule has 0 bridgehead atoms. The second-order valence-electron chi connectivity index (χ2n) is 7.05. The number of benzene rings is 3. The van der Waals surface area contributed by atoms with Crippen molar-refractivity contribution in [1.29, 1.82) is 0 Å². The highest BCUT2D eigenvalue weighted by molar-refractivity contribution is 5.92. The maximum atomic E-state index is 12.2. The third-order valence-electron chi connectivity index (χ3n) is 4.63. The molecule has 1 aliphatic rings. The average Bonchev–Trinajstić information content (AvgIpc) is 3.26. The molecule has 164 valence electrons. The quantitative estimate of drug-likeness (QED) is 0.496. The lowest BCUT2D eigenvalue weighted by atomic mass is 10.2. The van der Waals surface area contributed by atoms with Gasteiger partial charge in [-0.1, -0.05) is 30.3 Å². The van der Waals surface area contributed by atoms with Gasteiger partial charge >= 0.3 is 6.03 Å². The first kappa shape index (κ1) is 21.0. The van der Waals surface area contributed by atoms with Crippen LogP contribution in [0.15, 0.2) is 72.8 Å². The number of carbonyl (C=O) groups is 2. The van der Waals surface area contributed by atoms with Gasteiger partial charge in [-0.05, 0) is 42.0 Å². The Morgan fingerprint density at radius 2 is 1.66 bits per heavy atom. The Morgan fingerprint density at radius 1 is 0.844 bits per heavy atom. The van der Waals surface area contributed by atoms with Crippen molar-refractivity contribution in [2.45, 2.75) is 13.0 Å². The van der Waals surface area contributed by atoms with E-state index in [-0.39, 0.29) is 31.7 Å². The summed E-state index contributed by atoms with van der Waals surface area (Å²) in [7, 11) is 0. The van der Waals surface area contributed by atoms with Crippen LogP contribution < -0.4 is 30.2 Å². The van der Waals surface area contributed by atoms with Gasteiger partial charge in [-0.25, -0.2) is 4.79 Å². The van der Waals surface area contributed by atoms with Gasteiger partial charge in [0, 0.05) is 30.4 Å². The molecule has 8 heteroatoms. The Morgan fingerprint density at radius 3 is 2.53 bits per heavy atom. The van der Waals surface area contributed by atoms with E-state index in [9.17, 15) is 9.59 Å². The number of carbonyl (C=O) groups excluding carboxylic acids is 2. The van der Waals surface area contributed by atoms with Gasteiger partial charge in [-0.3, -0.25) is 4.79 Å². The van der Waals surface area contributed by atoms with Crippen LogP contribution in [0.3, 0.4) is 0 Å². The summed E-state index contributed by atoms with van der Waals surface area (Å²) in [6.45, 7) is 0.774. The number of para-hydroxylation sites is 1. The van der Waals surface area contributed by atoms with E-state index in [0.717, 1.165) is 5.56 Å². The number of ether oxygens (including phenoxy) is 3. The van der Waals surface area contributed by atoms with Crippen molar-refractivity contribution in [2.75, 3.05) is 24.0 Å². The van der Waals surface area contributed by atoms with Crippen molar-refractivity contribution in [2.24, 2.45) is 0 Å².